The van der Waals surface area contributed by atoms with Crippen LogP contribution in [0.5, 0.6) is 0 Å². The number of carboxylic acids is 1. The molecule has 0 bridgehead atoms. The van der Waals surface area contributed by atoms with Gasteiger partial charge >= 0.3 is 5.97 Å². The SMILES string of the molecule is CSCCC(=O)N[C@@H](CC(=O)O)c1ccc2ccccc2c1. The Labute approximate surface area is 133 Å². The maximum atomic E-state index is 11.9. The van der Waals surface area contributed by atoms with Crippen molar-refractivity contribution in [3.8, 4) is 0 Å². The Bertz CT molecular complexity index is 672. The molecule has 116 valence electrons. The molecule has 2 aromatic carbocycles. The first-order chi connectivity index (χ1) is 10.6. The summed E-state index contributed by atoms with van der Waals surface area (Å²) < 4.78 is 0. The molecule has 5 heteroatoms. The van der Waals surface area contributed by atoms with Crippen molar-refractivity contribution >= 4 is 34.4 Å². The van der Waals surface area contributed by atoms with Crippen LogP contribution in [0.4, 0.5) is 0 Å². The van der Waals surface area contributed by atoms with Gasteiger partial charge in [0.2, 0.25) is 5.91 Å². The predicted octanol–water partition coefficient (Wildman–Crippen LogP) is 3.22. The lowest BCUT2D eigenvalue weighted by molar-refractivity contribution is -0.137. The zero-order valence-electron chi connectivity index (χ0n) is 12.4. The minimum absolute atomic E-state index is 0.117. The van der Waals surface area contributed by atoms with E-state index in [1.54, 1.807) is 11.8 Å². The van der Waals surface area contributed by atoms with Crippen LogP contribution in [-0.4, -0.2) is 29.0 Å². The number of thioether (sulfide) groups is 1. The fraction of sp³-hybridized carbons (Fsp3) is 0.294. The van der Waals surface area contributed by atoms with Gasteiger partial charge in [0.25, 0.3) is 0 Å². The molecule has 0 radical (unpaired) electrons. The van der Waals surface area contributed by atoms with Gasteiger partial charge in [0.15, 0.2) is 0 Å². The summed E-state index contributed by atoms with van der Waals surface area (Å²) in [5.74, 6) is -0.319. The zero-order valence-corrected chi connectivity index (χ0v) is 13.2. The van der Waals surface area contributed by atoms with E-state index in [9.17, 15) is 9.59 Å². The molecule has 0 saturated carbocycles. The van der Waals surface area contributed by atoms with Gasteiger partial charge in [-0.05, 0) is 28.7 Å². The molecule has 0 aliphatic heterocycles. The van der Waals surface area contributed by atoms with E-state index in [4.69, 9.17) is 5.11 Å². The van der Waals surface area contributed by atoms with Gasteiger partial charge in [0.1, 0.15) is 0 Å². The van der Waals surface area contributed by atoms with E-state index >= 15 is 0 Å². The summed E-state index contributed by atoms with van der Waals surface area (Å²) in [4.78, 5) is 23.0. The fourth-order valence-electron chi connectivity index (χ4n) is 2.31. The van der Waals surface area contributed by atoms with Crippen molar-refractivity contribution < 1.29 is 14.7 Å². The van der Waals surface area contributed by atoms with Gasteiger partial charge < -0.3 is 10.4 Å². The maximum Gasteiger partial charge on any atom is 0.305 e. The zero-order chi connectivity index (χ0) is 15.9. The first-order valence-electron chi connectivity index (χ1n) is 7.09. The smallest absolute Gasteiger partial charge is 0.305 e. The molecule has 0 heterocycles. The molecule has 0 aromatic heterocycles. The topological polar surface area (TPSA) is 66.4 Å². The standard InChI is InChI=1S/C17H19NO3S/c1-22-9-8-16(19)18-15(11-17(20)21)14-7-6-12-4-2-3-5-13(12)10-14/h2-7,10,15H,8-9,11H2,1H3,(H,18,19)(H,20,21)/t15-/m0/s1. The Balaban J connectivity index is 2.22. The highest BCUT2D eigenvalue weighted by molar-refractivity contribution is 7.98. The van der Waals surface area contributed by atoms with E-state index in [2.05, 4.69) is 5.32 Å². The van der Waals surface area contributed by atoms with Gasteiger partial charge in [0.05, 0.1) is 12.5 Å². The fourth-order valence-corrected chi connectivity index (χ4v) is 2.70. The lowest BCUT2D eigenvalue weighted by Crippen LogP contribution is -2.30. The van der Waals surface area contributed by atoms with Gasteiger partial charge in [-0.15, -0.1) is 0 Å². The molecule has 22 heavy (non-hydrogen) atoms. The maximum absolute atomic E-state index is 11.9. The quantitative estimate of drug-likeness (QED) is 0.823. The predicted molar refractivity (Wildman–Crippen MR) is 90.1 cm³/mol. The molecular weight excluding hydrogens is 298 g/mol. The second-order valence-electron chi connectivity index (χ2n) is 5.07. The van der Waals surface area contributed by atoms with Crippen LogP contribution in [0.3, 0.4) is 0 Å². The molecule has 1 atom stereocenters. The number of aliphatic carboxylic acids is 1. The molecule has 0 fully saturated rings. The van der Waals surface area contributed by atoms with E-state index in [-0.39, 0.29) is 12.3 Å². The Morgan fingerprint density at radius 3 is 2.59 bits per heavy atom. The number of carbonyl (C=O) groups excluding carboxylic acids is 1. The van der Waals surface area contributed by atoms with Crippen molar-refractivity contribution in [2.45, 2.75) is 18.9 Å². The van der Waals surface area contributed by atoms with Crippen molar-refractivity contribution in [2.24, 2.45) is 0 Å². The van der Waals surface area contributed by atoms with Crippen molar-refractivity contribution in [3.05, 3.63) is 48.0 Å². The number of hydrogen-bond acceptors (Lipinski definition) is 3. The highest BCUT2D eigenvalue weighted by Crippen LogP contribution is 2.23. The Hall–Kier alpha value is -2.01. The number of carbonyl (C=O) groups is 2. The molecule has 2 rings (SSSR count). The van der Waals surface area contributed by atoms with Crippen molar-refractivity contribution in [1.82, 2.24) is 5.32 Å². The van der Waals surface area contributed by atoms with Crippen LogP contribution in [0.15, 0.2) is 42.5 Å². The van der Waals surface area contributed by atoms with Crippen molar-refractivity contribution in [3.63, 3.8) is 0 Å². The Kier molecular flexibility index (Phi) is 5.83. The third kappa shape index (κ3) is 4.49. The molecule has 4 nitrogen and oxygen atoms in total. The first kappa shape index (κ1) is 16.4. The van der Waals surface area contributed by atoms with Crippen LogP contribution in [0, 0.1) is 0 Å². The van der Waals surface area contributed by atoms with Gasteiger partial charge in [0, 0.05) is 12.2 Å². The summed E-state index contributed by atoms with van der Waals surface area (Å²) >= 11 is 1.59. The monoisotopic (exact) mass is 317 g/mol. The number of rotatable bonds is 7. The van der Waals surface area contributed by atoms with E-state index in [1.807, 2.05) is 48.7 Å². The summed E-state index contributed by atoms with van der Waals surface area (Å²) in [5, 5.41) is 14.1. The number of benzene rings is 2. The summed E-state index contributed by atoms with van der Waals surface area (Å²) in [6, 6.07) is 13.2. The second kappa shape index (κ2) is 7.84. The Morgan fingerprint density at radius 1 is 1.18 bits per heavy atom. The van der Waals surface area contributed by atoms with Gasteiger partial charge in [-0.25, -0.2) is 0 Å². The molecule has 1 amide bonds. The average Bonchev–Trinajstić information content (AvgIpc) is 2.51. The Morgan fingerprint density at radius 2 is 1.91 bits per heavy atom. The molecule has 0 aliphatic rings. The molecular formula is C17H19NO3S. The third-order valence-electron chi connectivity index (χ3n) is 3.42. The normalized spacial score (nSPS) is 12.0. The minimum atomic E-state index is -0.927. The number of hydrogen-bond donors (Lipinski definition) is 2. The lowest BCUT2D eigenvalue weighted by Gasteiger charge is -2.18. The van der Waals surface area contributed by atoms with Crippen LogP contribution in [0.2, 0.25) is 0 Å². The van der Waals surface area contributed by atoms with Crippen LogP contribution in [0.1, 0.15) is 24.4 Å². The summed E-state index contributed by atoms with van der Waals surface area (Å²) in [6.07, 6.45) is 2.21. The average molecular weight is 317 g/mol. The number of fused-ring (bicyclic) bond motifs is 1. The van der Waals surface area contributed by atoms with Crippen LogP contribution < -0.4 is 5.32 Å². The van der Waals surface area contributed by atoms with Gasteiger partial charge in [-0.2, -0.15) is 11.8 Å². The van der Waals surface area contributed by atoms with Crippen molar-refractivity contribution in [1.29, 1.82) is 0 Å². The summed E-state index contributed by atoms with van der Waals surface area (Å²) in [5.41, 5.74) is 0.818. The largest absolute Gasteiger partial charge is 0.481 e. The highest BCUT2D eigenvalue weighted by atomic mass is 32.2. The van der Waals surface area contributed by atoms with Gasteiger partial charge in [-0.1, -0.05) is 36.4 Å². The third-order valence-corrected chi connectivity index (χ3v) is 4.04. The summed E-state index contributed by atoms with van der Waals surface area (Å²) in [7, 11) is 0. The van der Waals surface area contributed by atoms with Crippen molar-refractivity contribution in [2.75, 3.05) is 12.0 Å². The summed E-state index contributed by atoms with van der Waals surface area (Å²) in [6.45, 7) is 0. The van der Waals surface area contributed by atoms with Crippen LogP contribution in [0.25, 0.3) is 10.8 Å². The van der Waals surface area contributed by atoms with E-state index < -0.39 is 12.0 Å². The first-order valence-corrected chi connectivity index (χ1v) is 8.48. The molecule has 2 N–H and O–H groups in total. The van der Waals surface area contributed by atoms with Crippen LogP contribution >= 0.6 is 11.8 Å². The van der Waals surface area contributed by atoms with Gasteiger partial charge in [-0.3, -0.25) is 9.59 Å². The molecule has 0 saturated heterocycles. The second-order valence-corrected chi connectivity index (χ2v) is 6.05. The van der Waals surface area contributed by atoms with E-state index in [1.165, 1.54) is 0 Å². The van der Waals surface area contributed by atoms with E-state index in [0.717, 1.165) is 22.1 Å². The number of nitrogens with one attached hydrogen (secondary N) is 1. The molecule has 0 spiro atoms. The molecule has 2 aromatic rings. The molecule has 0 aliphatic carbocycles. The lowest BCUT2D eigenvalue weighted by atomic mass is 9.99. The number of amides is 1. The molecule has 0 unspecified atom stereocenters. The minimum Gasteiger partial charge on any atom is -0.481 e. The van der Waals surface area contributed by atoms with E-state index in [0.29, 0.717) is 6.42 Å². The van der Waals surface area contributed by atoms with Crippen LogP contribution in [-0.2, 0) is 9.59 Å². The number of carboxylic acid groups (broad SMARTS) is 1. The highest BCUT2D eigenvalue weighted by Gasteiger charge is 2.18.